The van der Waals surface area contributed by atoms with Crippen molar-refractivity contribution in [2.45, 2.75) is 216 Å². The molecule has 13 nitrogen and oxygen atoms in total. The monoisotopic (exact) mass is 872 g/mol. The van der Waals surface area contributed by atoms with Crippen LogP contribution in [0, 0.1) is 0 Å². The number of allylic oxidation sites excluding steroid dienone is 9. The third kappa shape index (κ3) is 27.1. The van der Waals surface area contributed by atoms with Gasteiger partial charge in [-0.3, -0.25) is 13.8 Å². The smallest absolute Gasteiger partial charge is 0.393 e. The molecule has 0 aliphatic heterocycles. The summed E-state index contributed by atoms with van der Waals surface area (Å²) in [5.41, 5.74) is 0. The molecule has 1 fully saturated rings. The Kier molecular flexibility index (Phi) is 33.1. The average Bonchev–Trinajstić information content (AvgIpc) is 3.22. The molecule has 0 heterocycles. The Labute approximate surface area is 361 Å². The lowest BCUT2D eigenvalue weighted by Crippen LogP contribution is -2.64. The first kappa shape index (κ1) is 56.0. The lowest BCUT2D eigenvalue weighted by molar-refractivity contribution is -0.220. The Bertz CT molecular complexity index is 1260. The molecule has 8 unspecified atom stereocenters. The standard InChI is InChI=1S/C46H82NO12P/c1-3-5-7-9-11-13-15-17-18-19-20-22-23-25-27-29-31-33-37(48)35-40(50)47-38(39(49)34-32-30-28-26-24-21-16-14-12-10-8-6-4-2)36-58-60(56,57)59-46-44(54)42(52)41(51)43(53)45(46)55/h11-15,17,24,26,32,34,37-39,41-46,48-49,51-55H,3-10,16,18-23,25,27-31,33,35-36H2,1-2H3,(H,47,50)(H,56,57)/b13-11-,14-12+,17-15-,26-24+,34-32+. The Morgan fingerprint density at radius 2 is 1.03 bits per heavy atom. The van der Waals surface area contributed by atoms with Crippen molar-refractivity contribution in [3.05, 3.63) is 60.8 Å². The number of aliphatic hydroxyl groups is 7. The third-order valence-corrected chi connectivity index (χ3v) is 11.6. The molecule has 0 saturated heterocycles. The number of aliphatic hydroxyl groups excluding tert-OH is 7. The molecule has 60 heavy (non-hydrogen) atoms. The molecule has 0 spiro atoms. The van der Waals surface area contributed by atoms with Gasteiger partial charge in [0.25, 0.3) is 0 Å². The molecule has 1 aliphatic carbocycles. The fraction of sp³-hybridized carbons (Fsp3) is 0.761. The lowest BCUT2D eigenvalue weighted by atomic mass is 9.85. The minimum Gasteiger partial charge on any atom is -0.393 e. The van der Waals surface area contributed by atoms with E-state index >= 15 is 0 Å². The van der Waals surface area contributed by atoms with Gasteiger partial charge in [-0.1, -0.05) is 145 Å². The van der Waals surface area contributed by atoms with Crippen LogP contribution in [0.2, 0.25) is 0 Å². The van der Waals surface area contributed by atoms with E-state index in [0.29, 0.717) is 19.3 Å². The van der Waals surface area contributed by atoms with E-state index in [9.17, 15) is 50.0 Å². The van der Waals surface area contributed by atoms with Crippen LogP contribution in [0.5, 0.6) is 0 Å². The van der Waals surface area contributed by atoms with E-state index in [2.05, 4.69) is 61.7 Å². The zero-order valence-electron chi connectivity index (χ0n) is 36.6. The number of amides is 1. The van der Waals surface area contributed by atoms with E-state index in [1.54, 1.807) is 6.08 Å². The fourth-order valence-electron chi connectivity index (χ4n) is 6.79. The molecule has 0 bridgehead atoms. The molecule has 0 radical (unpaired) electrons. The van der Waals surface area contributed by atoms with E-state index in [0.717, 1.165) is 57.8 Å². The minimum absolute atomic E-state index is 0.263. The zero-order valence-corrected chi connectivity index (χ0v) is 37.5. The van der Waals surface area contributed by atoms with Crippen molar-refractivity contribution in [1.29, 1.82) is 0 Å². The van der Waals surface area contributed by atoms with Crippen LogP contribution in [0.15, 0.2) is 60.8 Å². The van der Waals surface area contributed by atoms with Crippen LogP contribution >= 0.6 is 7.82 Å². The van der Waals surface area contributed by atoms with Crippen LogP contribution in [0.3, 0.4) is 0 Å². The van der Waals surface area contributed by atoms with Crippen LogP contribution in [0.4, 0.5) is 0 Å². The number of phosphoric ester groups is 1. The Morgan fingerprint density at radius 3 is 1.57 bits per heavy atom. The maximum absolute atomic E-state index is 13.0. The number of phosphoric acid groups is 1. The summed E-state index contributed by atoms with van der Waals surface area (Å²) >= 11 is 0. The predicted molar refractivity (Wildman–Crippen MR) is 238 cm³/mol. The first-order valence-corrected chi connectivity index (χ1v) is 24.3. The molecule has 0 aromatic rings. The molecule has 348 valence electrons. The predicted octanol–water partition coefficient (Wildman–Crippen LogP) is 7.31. The second-order valence-electron chi connectivity index (χ2n) is 16.1. The molecule has 14 heteroatoms. The van der Waals surface area contributed by atoms with Crippen LogP contribution in [0.25, 0.3) is 0 Å². The van der Waals surface area contributed by atoms with Crippen LogP contribution in [-0.4, -0.2) is 108 Å². The van der Waals surface area contributed by atoms with Gasteiger partial charge >= 0.3 is 7.82 Å². The lowest BCUT2D eigenvalue weighted by Gasteiger charge is -2.41. The van der Waals surface area contributed by atoms with E-state index in [-0.39, 0.29) is 6.42 Å². The Balaban J connectivity index is 2.58. The molecule has 1 rings (SSSR count). The van der Waals surface area contributed by atoms with Gasteiger partial charge in [-0.15, -0.1) is 0 Å². The number of unbranched alkanes of at least 4 members (excludes halogenated alkanes) is 16. The summed E-state index contributed by atoms with van der Waals surface area (Å²) in [5, 5.41) is 74.3. The molecule has 1 amide bonds. The average molecular weight is 872 g/mol. The van der Waals surface area contributed by atoms with Crippen LogP contribution < -0.4 is 5.32 Å². The van der Waals surface area contributed by atoms with Gasteiger partial charge < -0.3 is 46.0 Å². The normalized spacial score (nSPS) is 24.0. The van der Waals surface area contributed by atoms with Crippen molar-refractivity contribution >= 4 is 13.7 Å². The minimum atomic E-state index is -5.15. The number of rotatable bonds is 36. The number of nitrogens with one attached hydrogen (secondary N) is 1. The topological polar surface area (TPSA) is 226 Å². The number of carbonyl (C=O) groups is 1. The molecule has 0 aromatic heterocycles. The molecular weight excluding hydrogens is 789 g/mol. The highest BCUT2D eigenvalue weighted by molar-refractivity contribution is 7.47. The van der Waals surface area contributed by atoms with E-state index < -0.39 is 75.2 Å². The van der Waals surface area contributed by atoms with Gasteiger partial charge in [-0.2, -0.15) is 0 Å². The Morgan fingerprint density at radius 1 is 0.600 bits per heavy atom. The zero-order chi connectivity index (χ0) is 44.4. The summed E-state index contributed by atoms with van der Waals surface area (Å²) in [5.74, 6) is -0.615. The van der Waals surface area contributed by atoms with Crippen LogP contribution in [-0.2, 0) is 18.4 Å². The van der Waals surface area contributed by atoms with Gasteiger partial charge in [0.1, 0.15) is 36.6 Å². The third-order valence-electron chi connectivity index (χ3n) is 10.6. The Hall–Kier alpha value is -2.00. The van der Waals surface area contributed by atoms with Gasteiger partial charge in [-0.05, 0) is 70.6 Å². The summed E-state index contributed by atoms with van der Waals surface area (Å²) in [6.07, 6.45) is 28.8. The number of hydrogen-bond acceptors (Lipinski definition) is 11. The van der Waals surface area contributed by atoms with Crippen molar-refractivity contribution in [3.63, 3.8) is 0 Å². The van der Waals surface area contributed by atoms with Crippen LogP contribution in [0.1, 0.15) is 162 Å². The van der Waals surface area contributed by atoms with E-state index in [4.69, 9.17) is 9.05 Å². The van der Waals surface area contributed by atoms with Crippen molar-refractivity contribution < 1.29 is 59.0 Å². The number of hydrogen-bond donors (Lipinski definition) is 9. The summed E-state index contributed by atoms with van der Waals surface area (Å²) in [7, 11) is -5.15. The fourth-order valence-corrected chi connectivity index (χ4v) is 7.76. The SMILES string of the molecule is CCCCC/C=C\C=C/CCCCCCCCCCC(O)CC(=O)NC(COP(=O)(O)OC1C(O)C(O)C(O)C(O)C1O)C(O)/C=C/CC/C=C/CC/C=C/CCCCC. The largest absolute Gasteiger partial charge is 0.472 e. The van der Waals surface area contributed by atoms with Gasteiger partial charge in [-0.25, -0.2) is 4.57 Å². The summed E-state index contributed by atoms with van der Waals surface area (Å²) in [4.78, 5) is 23.4. The molecule has 0 aromatic carbocycles. The molecule has 1 aliphatic rings. The highest BCUT2D eigenvalue weighted by Gasteiger charge is 2.51. The maximum atomic E-state index is 13.0. The molecular formula is C46H82NO12P. The summed E-state index contributed by atoms with van der Waals surface area (Å²) in [6.45, 7) is 3.64. The quantitative estimate of drug-likeness (QED) is 0.0131. The number of carbonyl (C=O) groups excluding carboxylic acids is 1. The van der Waals surface area contributed by atoms with Crippen molar-refractivity contribution in [2.75, 3.05) is 6.61 Å². The van der Waals surface area contributed by atoms with Gasteiger partial charge in [0.2, 0.25) is 5.91 Å². The summed E-state index contributed by atoms with van der Waals surface area (Å²) < 4.78 is 22.8. The van der Waals surface area contributed by atoms with Crippen molar-refractivity contribution in [1.82, 2.24) is 5.32 Å². The molecule has 1 saturated carbocycles. The maximum Gasteiger partial charge on any atom is 0.472 e. The highest BCUT2D eigenvalue weighted by atomic mass is 31.2. The molecule has 8 atom stereocenters. The first-order chi connectivity index (χ1) is 28.8. The van der Waals surface area contributed by atoms with E-state index in [1.807, 2.05) is 6.08 Å². The van der Waals surface area contributed by atoms with E-state index in [1.165, 1.54) is 70.3 Å². The van der Waals surface area contributed by atoms with Gasteiger partial charge in [0.15, 0.2) is 0 Å². The van der Waals surface area contributed by atoms with Crippen molar-refractivity contribution in [3.8, 4) is 0 Å². The second kappa shape index (κ2) is 35.5. The van der Waals surface area contributed by atoms with Gasteiger partial charge in [0, 0.05) is 0 Å². The van der Waals surface area contributed by atoms with Crippen molar-refractivity contribution in [2.24, 2.45) is 0 Å². The van der Waals surface area contributed by atoms with Gasteiger partial charge in [0.05, 0.1) is 31.3 Å². The highest BCUT2D eigenvalue weighted by Crippen LogP contribution is 2.47. The summed E-state index contributed by atoms with van der Waals surface area (Å²) in [6, 6.07) is -1.27. The second-order valence-corrected chi connectivity index (χ2v) is 17.5. The first-order valence-electron chi connectivity index (χ1n) is 22.8. The molecule has 9 N–H and O–H groups in total.